The number of methoxy groups -OCH3 is 1. The number of halogens is 1. The Hall–Kier alpha value is -2.20. The van der Waals surface area contributed by atoms with Gasteiger partial charge in [0.05, 0.1) is 30.1 Å². The van der Waals surface area contributed by atoms with Crippen molar-refractivity contribution in [3.8, 4) is 0 Å². The van der Waals surface area contributed by atoms with Gasteiger partial charge < -0.3 is 15.8 Å². The molecule has 0 saturated carbocycles. The number of esters is 1. The van der Waals surface area contributed by atoms with Crippen LogP contribution in [0.25, 0.3) is 0 Å². The van der Waals surface area contributed by atoms with Gasteiger partial charge in [0.1, 0.15) is 0 Å². The number of nitrogen functional groups attached to an aromatic ring is 1. The maximum atomic E-state index is 11.8. The zero-order valence-electron chi connectivity index (χ0n) is 11.9. The molecule has 2 aromatic rings. The number of ether oxygens (including phenoxy) is 1. The predicted molar refractivity (Wildman–Crippen MR) is 85.7 cm³/mol. The fraction of sp³-hybridized carbons (Fsp3) is 0.188. The van der Waals surface area contributed by atoms with Crippen molar-refractivity contribution in [2.45, 2.75) is 13.0 Å². The van der Waals surface area contributed by atoms with Crippen LogP contribution in [0.3, 0.4) is 0 Å². The van der Waals surface area contributed by atoms with Crippen LogP contribution in [0, 0.1) is 0 Å². The van der Waals surface area contributed by atoms with Gasteiger partial charge in [-0.2, -0.15) is 0 Å². The van der Waals surface area contributed by atoms with Crippen molar-refractivity contribution in [1.82, 2.24) is 0 Å². The third kappa shape index (κ3) is 3.28. The van der Waals surface area contributed by atoms with Crippen LogP contribution < -0.4 is 11.1 Å². The van der Waals surface area contributed by atoms with Gasteiger partial charge in [-0.05, 0) is 30.7 Å². The highest BCUT2D eigenvalue weighted by Crippen LogP contribution is 2.30. The number of nitrogens with two attached hydrogens (primary N) is 1. The van der Waals surface area contributed by atoms with E-state index in [1.165, 1.54) is 7.11 Å². The Kier molecular flexibility index (Phi) is 4.70. The SMILES string of the molecule is COC(=O)c1cccc(N)c1NC(C)c1ccccc1Cl. The fourth-order valence-corrected chi connectivity index (χ4v) is 2.43. The first-order valence-corrected chi connectivity index (χ1v) is 6.90. The average molecular weight is 305 g/mol. The lowest BCUT2D eigenvalue weighted by molar-refractivity contribution is 0.0602. The number of carbonyl (C=O) groups excluding carboxylic acids is 1. The van der Waals surface area contributed by atoms with E-state index < -0.39 is 5.97 Å². The fourth-order valence-electron chi connectivity index (χ4n) is 2.13. The molecule has 110 valence electrons. The Bertz CT molecular complexity index is 658. The third-order valence-electron chi connectivity index (χ3n) is 3.23. The second kappa shape index (κ2) is 6.50. The molecular weight excluding hydrogens is 288 g/mol. The van der Waals surface area contributed by atoms with E-state index in [2.05, 4.69) is 5.32 Å². The van der Waals surface area contributed by atoms with Crippen molar-refractivity contribution in [1.29, 1.82) is 0 Å². The number of para-hydroxylation sites is 1. The number of hydrogen-bond donors (Lipinski definition) is 2. The number of hydrogen-bond acceptors (Lipinski definition) is 4. The summed E-state index contributed by atoms with van der Waals surface area (Å²) < 4.78 is 4.78. The summed E-state index contributed by atoms with van der Waals surface area (Å²) in [6.07, 6.45) is 0. The van der Waals surface area contributed by atoms with Gasteiger partial charge in [0.2, 0.25) is 0 Å². The van der Waals surface area contributed by atoms with Crippen LogP contribution in [0.2, 0.25) is 5.02 Å². The Morgan fingerprint density at radius 2 is 1.95 bits per heavy atom. The topological polar surface area (TPSA) is 64.3 Å². The minimum Gasteiger partial charge on any atom is -0.465 e. The zero-order valence-corrected chi connectivity index (χ0v) is 12.6. The van der Waals surface area contributed by atoms with Crippen LogP contribution in [0.15, 0.2) is 42.5 Å². The van der Waals surface area contributed by atoms with Gasteiger partial charge in [0.25, 0.3) is 0 Å². The normalized spacial score (nSPS) is 11.8. The lowest BCUT2D eigenvalue weighted by atomic mass is 10.1. The lowest BCUT2D eigenvalue weighted by Crippen LogP contribution is -2.13. The van der Waals surface area contributed by atoms with Crippen LogP contribution in [-0.4, -0.2) is 13.1 Å². The Labute approximate surface area is 128 Å². The first-order valence-electron chi connectivity index (χ1n) is 6.52. The van der Waals surface area contributed by atoms with Gasteiger partial charge >= 0.3 is 5.97 Å². The molecule has 0 heterocycles. The second-order valence-electron chi connectivity index (χ2n) is 4.65. The number of anilines is 2. The van der Waals surface area contributed by atoms with Gasteiger partial charge in [-0.25, -0.2) is 4.79 Å². The van der Waals surface area contributed by atoms with Crippen LogP contribution in [0.5, 0.6) is 0 Å². The first-order chi connectivity index (χ1) is 10.0. The molecule has 0 spiro atoms. The minimum absolute atomic E-state index is 0.105. The molecule has 0 aromatic heterocycles. The van der Waals surface area contributed by atoms with E-state index in [0.29, 0.717) is 22.0 Å². The summed E-state index contributed by atoms with van der Waals surface area (Å²) in [5, 5.41) is 3.90. The molecule has 2 aromatic carbocycles. The van der Waals surface area contributed by atoms with Crippen molar-refractivity contribution >= 4 is 28.9 Å². The molecule has 1 unspecified atom stereocenters. The first kappa shape index (κ1) is 15.2. The molecule has 21 heavy (non-hydrogen) atoms. The number of carbonyl (C=O) groups is 1. The van der Waals surface area contributed by atoms with Gasteiger partial charge in [-0.15, -0.1) is 0 Å². The molecule has 5 heteroatoms. The largest absolute Gasteiger partial charge is 0.465 e. The van der Waals surface area contributed by atoms with Crippen LogP contribution >= 0.6 is 11.6 Å². The summed E-state index contributed by atoms with van der Waals surface area (Å²) >= 11 is 6.19. The van der Waals surface area contributed by atoms with E-state index in [-0.39, 0.29) is 6.04 Å². The van der Waals surface area contributed by atoms with Crippen molar-refractivity contribution in [2.24, 2.45) is 0 Å². The molecule has 2 rings (SSSR count). The molecular formula is C16H17ClN2O2. The Morgan fingerprint density at radius 1 is 1.24 bits per heavy atom. The molecule has 0 aliphatic rings. The van der Waals surface area contributed by atoms with Gasteiger partial charge in [0.15, 0.2) is 0 Å². The van der Waals surface area contributed by atoms with Crippen molar-refractivity contribution in [3.05, 3.63) is 58.6 Å². The molecule has 0 bridgehead atoms. The molecule has 0 amide bonds. The summed E-state index contributed by atoms with van der Waals surface area (Å²) in [6, 6.07) is 12.5. The molecule has 0 aliphatic carbocycles. The number of rotatable bonds is 4. The van der Waals surface area contributed by atoms with E-state index >= 15 is 0 Å². The van der Waals surface area contributed by atoms with Crippen molar-refractivity contribution in [3.63, 3.8) is 0 Å². The molecule has 1 atom stereocenters. The van der Waals surface area contributed by atoms with Crippen LogP contribution in [-0.2, 0) is 4.74 Å². The summed E-state index contributed by atoms with van der Waals surface area (Å²) in [5.74, 6) is -0.434. The van der Waals surface area contributed by atoms with E-state index in [1.807, 2.05) is 31.2 Å². The molecule has 4 nitrogen and oxygen atoms in total. The molecule has 0 aliphatic heterocycles. The number of benzene rings is 2. The van der Waals surface area contributed by atoms with Gasteiger partial charge in [0, 0.05) is 5.02 Å². The maximum Gasteiger partial charge on any atom is 0.340 e. The van der Waals surface area contributed by atoms with Crippen LogP contribution in [0.4, 0.5) is 11.4 Å². The van der Waals surface area contributed by atoms with Crippen molar-refractivity contribution in [2.75, 3.05) is 18.2 Å². The summed E-state index contributed by atoms with van der Waals surface area (Å²) in [4.78, 5) is 11.8. The van der Waals surface area contributed by atoms with Crippen molar-refractivity contribution < 1.29 is 9.53 Å². The van der Waals surface area contributed by atoms with E-state index in [9.17, 15) is 4.79 Å². The smallest absolute Gasteiger partial charge is 0.340 e. The van der Waals surface area contributed by atoms with E-state index in [0.717, 1.165) is 5.56 Å². The lowest BCUT2D eigenvalue weighted by Gasteiger charge is -2.20. The number of nitrogens with one attached hydrogen (secondary N) is 1. The highest BCUT2D eigenvalue weighted by atomic mass is 35.5. The van der Waals surface area contributed by atoms with Crippen LogP contribution in [0.1, 0.15) is 28.9 Å². The predicted octanol–water partition coefficient (Wildman–Crippen LogP) is 3.88. The monoisotopic (exact) mass is 304 g/mol. The van der Waals surface area contributed by atoms with E-state index in [4.69, 9.17) is 22.1 Å². The highest BCUT2D eigenvalue weighted by Gasteiger charge is 2.17. The minimum atomic E-state index is -0.434. The highest BCUT2D eigenvalue weighted by molar-refractivity contribution is 6.31. The molecule has 0 radical (unpaired) electrons. The van der Waals surface area contributed by atoms with Gasteiger partial charge in [-0.1, -0.05) is 35.9 Å². The Balaban J connectivity index is 2.35. The zero-order chi connectivity index (χ0) is 15.4. The third-order valence-corrected chi connectivity index (χ3v) is 3.58. The molecule has 0 fully saturated rings. The average Bonchev–Trinajstić information content (AvgIpc) is 2.48. The molecule has 3 N–H and O–H groups in total. The molecule has 0 saturated heterocycles. The maximum absolute atomic E-state index is 11.8. The van der Waals surface area contributed by atoms with Gasteiger partial charge in [-0.3, -0.25) is 0 Å². The summed E-state index contributed by atoms with van der Waals surface area (Å²) in [5.41, 5.74) is 8.34. The standard InChI is InChI=1S/C16H17ClN2O2/c1-10(11-6-3-4-8-13(11)17)19-15-12(16(20)21-2)7-5-9-14(15)18/h3-10,19H,18H2,1-2H3. The Morgan fingerprint density at radius 3 is 2.62 bits per heavy atom. The second-order valence-corrected chi connectivity index (χ2v) is 5.06. The summed E-state index contributed by atoms with van der Waals surface area (Å²) in [7, 11) is 1.34. The van der Waals surface area contributed by atoms with E-state index in [1.54, 1.807) is 18.2 Å². The summed E-state index contributed by atoms with van der Waals surface area (Å²) in [6.45, 7) is 1.95. The quantitative estimate of drug-likeness (QED) is 0.664.